The van der Waals surface area contributed by atoms with E-state index < -0.39 is 0 Å². The van der Waals surface area contributed by atoms with Gasteiger partial charge in [0.05, 0.1) is 23.8 Å². The molecule has 3 aliphatic rings. The van der Waals surface area contributed by atoms with Crippen molar-refractivity contribution in [2.75, 3.05) is 30.8 Å². The highest BCUT2D eigenvalue weighted by Crippen LogP contribution is 2.40. The Hall–Kier alpha value is -1.93. The average molecular weight is 413 g/mol. The molecule has 2 aromatic rings. The van der Waals surface area contributed by atoms with Crippen LogP contribution in [-0.2, 0) is 4.79 Å². The Balaban J connectivity index is 1.30. The van der Waals surface area contributed by atoms with E-state index in [1.165, 1.54) is 12.1 Å². The van der Waals surface area contributed by atoms with Gasteiger partial charge in [-0.3, -0.25) is 15.1 Å². The third-order valence-corrected chi connectivity index (χ3v) is 7.19. The number of likely N-dealkylation sites (tertiary alicyclic amines) is 1. The van der Waals surface area contributed by atoms with Crippen LogP contribution in [0.1, 0.15) is 18.0 Å². The molecular formula is C22H25FN4OS. The summed E-state index contributed by atoms with van der Waals surface area (Å²) in [5.41, 5.74) is 8.69. The highest BCUT2D eigenvalue weighted by atomic mass is 32.2. The number of para-hydroxylation sites is 1. The predicted molar refractivity (Wildman–Crippen MR) is 113 cm³/mol. The maximum Gasteiger partial charge on any atom is 0.244 e. The van der Waals surface area contributed by atoms with E-state index in [0.29, 0.717) is 5.92 Å². The minimum absolute atomic E-state index is 0.0376. The van der Waals surface area contributed by atoms with E-state index in [1.54, 1.807) is 11.8 Å². The van der Waals surface area contributed by atoms with Crippen molar-refractivity contribution in [1.82, 2.24) is 15.8 Å². The van der Waals surface area contributed by atoms with Crippen LogP contribution in [0.25, 0.3) is 0 Å². The molecule has 0 aliphatic carbocycles. The molecule has 0 saturated carbocycles. The summed E-state index contributed by atoms with van der Waals surface area (Å²) in [6, 6.07) is 15.2. The zero-order valence-electron chi connectivity index (χ0n) is 16.3. The van der Waals surface area contributed by atoms with Crippen molar-refractivity contribution in [2.45, 2.75) is 29.4 Å². The van der Waals surface area contributed by atoms with Gasteiger partial charge in [0, 0.05) is 30.4 Å². The lowest BCUT2D eigenvalue weighted by atomic mass is 9.94. The fourth-order valence-electron chi connectivity index (χ4n) is 5.04. The zero-order valence-corrected chi connectivity index (χ0v) is 17.2. The number of nitrogens with one attached hydrogen (secondary N) is 2. The van der Waals surface area contributed by atoms with E-state index in [-0.39, 0.29) is 29.8 Å². The van der Waals surface area contributed by atoms with Crippen molar-refractivity contribution in [3.05, 3.63) is 59.9 Å². The second-order valence-corrected chi connectivity index (χ2v) is 8.90. The molecule has 152 valence electrons. The van der Waals surface area contributed by atoms with Gasteiger partial charge in [0.15, 0.2) is 0 Å². The SMILES string of the molecule is CSc1ccccc1N1C(=O)[C@@H]2C[C@H]1CN2CC1CNNC1c1ccc(F)cc1. The normalized spacial score (nSPS) is 29.2. The first-order chi connectivity index (χ1) is 14.2. The first-order valence-electron chi connectivity index (χ1n) is 10.1. The molecule has 4 atom stereocenters. The monoisotopic (exact) mass is 412 g/mol. The minimum Gasteiger partial charge on any atom is -0.306 e. The number of hydrazine groups is 1. The second-order valence-electron chi connectivity index (χ2n) is 8.05. The minimum atomic E-state index is -0.218. The number of thioether (sulfide) groups is 1. The van der Waals surface area contributed by atoms with Crippen molar-refractivity contribution in [1.29, 1.82) is 0 Å². The fourth-order valence-corrected chi connectivity index (χ4v) is 5.63. The van der Waals surface area contributed by atoms with E-state index in [4.69, 9.17) is 0 Å². The summed E-state index contributed by atoms with van der Waals surface area (Å²) in [4.78, 5) is 18.7. The summed E-state index contributed by atoms with van der Waals surface area (Å²) in [7, 11) is 0. The standard InChI is InChI=1S/C22H25FN4OS/c1-29-20-5-3-2-4-18(20)27-17-10-19(22(27)28)26(13-17)12-15-11-24-25-21(15)14-6-8-16(23)9-7-14/h2-9,15,17,19,21,24-25H,10-13H2,1H3/t15?,17-,19-,21?/m0/s1. The summed E-state index contributed by atoms with van der Waals surface area (Å²) in [6.07, 6.45) is 2.95. The lowest BCUT2D eigenvalue weighted by molar-refractivity contribution is -0.122. The Morgan fingerprint density at radius 2 is 1.97 bits per heavy atom. The summed E-state index contributed by atoms with van der Waals surface area (Å²) < 4.78 is 13.3. The van der Waals surface area contributed by atoms with Gasteiger partial charge in [-0.2, -0.15) is 0 Å². The number of carbonyl (C=O) groups is 1. The topological polar surface area (TPSA) is 47.6 Å². The highest BCUT2D eigenvalue weighted by Gasteiger charge is 2.51. The smallest absolute Gasteiger partial charge is 0.244 e. The van der Waals surface area contributed by atoms with Crippen molar-refractivity contribution >= 4 is 23.4 Å². The maximum absolute atomic E-state index is 13.3. The summed E-state index contributed by atoms with van der Waals surface area (Å²) >= 11 is 1.69. The van der Waals surface area contributed by atoms with Gasteiger partial charge in [0.1, 0.15) is 5.82 Å². The molecule has 2 bridgehead atoms. The third kappa shape index (κ3) is 3.36. The van der Waals surface area contributed by atoms with Crippen LogP contribution in [0.15, 0.2) is 53.4 Å². The molecule has 1 amide bonds. The number of carbonyl (C=O) groups excluding carboxylic acids is 1. The molecule has 2 aromatic carbocycles. The van der Waals surface area contributed by atoms with Gasteiger partial charge >= 0.3 is 0 Å². The second kappa shape index (κ2) is 7.72. The number of anilines is 1. The number of hydrogen-bond acceptors (Lipinski definition) is 5. The van der Waals surface area contributed by atoms with E-state index in [9.17, 15) is 9.18 Å². The summed E-state index contributed by atoms with van der Waals surface area (Å²) in [6.45, 7) is 2.60. The first kappa shape index (κ1) is 19.1. The number of rotatable bonds is 5. The number of fused-ring (bicyclic) bond motifs is 2. The van der Waals surface area contributed by atoms with Gasteiger partial charge in [-0.05, 0) is 42.5 Å². The van der Waals surface area contributed by atoms with E-state index in [0.717, 1.165) is 42.2 Å². The van der Waals surface area contributed by atoms with Crippen LogP contribution in [-0.4, -0.2) is 48.8 Å². The number of hydrogen-bond donors (Lipinski definition) is 2. The summed E-state index contributed by atoms with van der Waals surface area (Å²) in [5.74, 6) is 0.337. The average Bonchev–Trinajstić information content (AvgIpc) is 3.44. The molecule has 3 saturated heterocycles. The third-order valence-electron chi connectivity index (χ3n) is 6.41. The van der Waals surface area contributed by atoms with Crippen molar-refractivity contribution in [3.63, 3.8) is 0 Å². The molecule has 3 heterocycles. The highest BCUT2D eigenvalue weighted by molar-refractivity contribution is 7.98. The van der Waals surface area contributed by atoms with Crippen molar-refractivity contribution in [2.24, 2.45) is 5.92 Å². The van der Waals surface area contributed by atoms with Crippen LogP contribution in [0, 0.1) is 11.7 Å². The van der Waals surface area contributed by atoms with Gasteiger partial charge in [-0.25, -0.2) is 9.82 Å². The lowest BCUT2D eigenvalue weighted by Gasteiger charge is -2.36. The Labute approximate surface area is 174 Å². The van der Waals surface area contributed by atoms with Gasteiger partial charge in [-0.15, -0.1) is 11.8 Å². The van der Waals surface area contributed by atoms with Crippen LogP contribution in [0.3, 0.4) is 0 Å². The molecule has 3 aliphatic heterocycles. The van der Waals surface area contributed by atoms with Crippen LogP contribution in [0.2, 0.25) is 0 Å². The van der Waals surface area contributed by atoms with E-state index >= 15 is 0 Å². The molecule has 2 N–H and O–H groups in total. The van der Waals surface area contributed by atoms with Gasteiger partial charge in [0.25, 0.3) is 0 Å². The molecule has 5 nitrogen and oxygen atoms in total. The van der Waals surface area contributed by atoms with Crippen LogP contribution < -0.4 is 15.8 Å². The first-order valence-corrected chi connectivity index (χ1v) is 11.3. The lowest BCUT2D eigenvalue weighted by Crippen LogP contribution is -2.52. The van der Waals surface area contributed by atoms with Gasteiger partial charge in [0.2, 0.25) is 5.91 Å². The number of nitrogens with zero attached hydrogens (tertiary/aromatic N) is 2. The van der Waals surface area contributed by atoms with Crippen molar-refractivity contribution in [3.8, 4) is 0 Å². The largest absolute Gasteiger partial charge is 0.306 e. The van der Waals surface area contributed by atoms with E-state index in [1.807, 2.05) is 29.2 Å². The van der Waals surface area contributed by atoms with Gasteiger partial charge < -0.3 is 4.90 Å². The zero-order chi connectivity index (χ0) is 20.0. The molecular weight excluding hydrogens is 387 g/mol. The number of piperazine rings is 1. The van der Waals surface area contributed by atoms with Crippen LogP contribution >= 0.6 is 11.8 Å². The molecule has 29 heavy (non-hydrogen) atoms. The fraction of sp³-hybridized carbons (Fsp3) is 0.409. The Kier molecular flexibility index (Phi) is 5.07. The molecule has 3 fully saturated rings. The van der Waals surface area contributed by atoms with Gasteiger partial charge in [-0.1, -0.05) is 24.3 Å². The number of halogens is 1. The molecule has 7 heteroatoms. The van der Waals surface area contributed by atoms with E-state index in [2.05, 4.69) is 34.1 Å². The van der Waals surface area contributed by atoms with Crippen LogP contribution in [0.5, 0.6) is 0 Å². The molecule has 0 radical (unpaired) electrons. The number of benzene rings is 2. The van der Waals surface area contributed by atoms with Crippen molar-refractivity contribution < 1.29 is 9.18 Å². The van der Waals surface area contributed by atoms with Crippen LogP contribution in [0.4, 0.5) is 10.1 Å². The Morgan fingerprint density at radius 3 is 2.72 bits per heavy atom. The summed E-state index contributed by atoms with van der Waals surface area (Å²) in [5, 5.41) is 0. The predicted octanol–water partition coefficient (Wildman–Crippen LogP) is 2.80. The maximum atomic E-state index is 13.3. The molecule has 2 unspecified atom stereocenters. The molecule has 0 aromatic heterocycles. The quantitative estimate of drug-likeness (QED) is 0.740. The molecule has 0 spiro atoms. The number of amides is 1. The Morgan fingerprint density at radius 1 is 1.17 bits per heavy atom. The molecule has 5 rings (SSSR count). The Bertz CT molecular complexity index is 908.